The lowest BCUT2D eigenvalue weighted by atomic mass is 10.2. The molecule has 0 aliphatic carbocycles. The van der Waals surface area contributed by atoms with Crippen molar-refractivity contribution in [3.05, 3.63) is 101 Å². The standard InChI is InChI=1S/C23H13BrCl2N2O2S/c24-15-7-5-13(6-8-15)12-30-21-16(25)9-14(10-17(21)26)11-20-22(29)28-19-4-2-1-3-18(19)27-23(28)31-20/h1-11H,12H2/b20-11-. The summed E-state index contributed by atoms with van der Waals surface area (Å²) in [5, 5.41) is 0.769. The molecular formula is C23H13BrCl2N2O2S. The van der Waals surface area contributed by atoms with Crippen LogP contribution in [0.3, 0.4) is 0 Å². The minimum absolute atomic E-state index is 0.114. The Balaban J connectivity index is 1.48. The second kappa shape index (κ2) is 8.28. The lowest BCUT2D eigenvalue weighted by Crippen LogP contribution is -2.22. The quantitative estimate of drug-likeness (QED) is 0.281. The highest BCUT2D eigenvalue weighted by Gasteiger charge is 2.13. The van der Waals surface area contributed by atoms with Crippen molar-refractivity contribution < 1.29 is 4.74 Å². The van der Waals surface area contributed by atoms with Gasteiger partial charge in [0.1, 0.15) is 6.61 Å². The van der Waals surface area contributed by atoms with Gasteiger partial charge in [-0.15, -0.1) is 0 Å². The number of aromatic nitrogens is 2. The number of halogens is 3. The lowest BCUT2D eigenvalue weighted by molar-refractivity contribution is 0.306. The molecule has 2 heterocycles. The molecule has 0 unspecified atom stereocenters. The molecule has 0 bridgehead atoms. The molecule has 0 saturated carbocycles. The van der Waals surface area contributed by atoms with Gasteiger partial charge >= 0.3 is 0 Å². The molecule has 31 heavy (non-hydrogen) atoms. The van der Waals surface area contributed by atoms with Gasteiger partial charge < -0.3 is 4.74 Å². The van der Waals surface area contributed by atoms with E-state index in [0.29, 0.717) is 31.9 Å². The van der Waals surface area contributed by atoms with E-state index in [1.807, 2.05) is 48.5 Å². The second-order valence-electron chi connectivity index (χ2n) is 6.86. The van der Waals surface area contributed by atoms with Crippen molar-refractivity contribution in [3.63, 3.8) is 0 Å². The summed E-state index contributed by atoms with van der Waals surface area (Å²) in [6.45, 7) is 0.343. The molecule has 0 saturated heterocycles. The number of hydrogen-bond donors (Lipinski definition) is 0. The fraction of sp³-hybridized carbons (Fsp3) is 0.0435. The SMILES string of the molecule is O=c1/c(=C/c2cc(Cl)c(OCc3ccc(Br)cc3)c(Cl)c2)sc2nc3ccccc3n12. The van der Waals surface area contributed by atoms with E-state index in [-0.39, 0.29) is 5.56 Å². The van der Waals surface area contributed by atoms with Gasteiger partial charge in [-0.3, -0.25) is 4.79 Å². The number of thiazole rings is 1. The van der Waals surface area contributed by atoms with E-state index in [4.69, 9.17) is 27.9 Å². The van der Waals surface area contributed by atoms with Crippen LogP contribution in [0, 0.1) is 0 Å². The molecule has 4 nitrogen and oxygen atoms in total. The highest BCUT2D eigenvalue weighted by molar-refractivity contribution is 9.10. The molecular weight excluding hydrogens is 519 g/mol. The predicted molar refractivity (Wildman–Crippen MR) is 131 cm³/mol. The van der Waals surface area contributed by atoms with Crippen molar-refractivity contribution in [3.8, 4) is 5.75 Å². The summed E-state index contributed by atoms with van der Waals surface area (Å²) >= 11 is 17.6. The van der Waals surface area contributed by atoms with Crippen LogP contribution in [0.15, 0.2) is 69.9 Å². The zero-order chi connectivity index (χ0) is 21.5. The maximum Gasteiger partial charge on any atom is 0.274 e. The molecule has 0 N–H and O–H groups in total. The lowest BCUT2D eigenvalue weighted by Gasteiger charge is -2.11. The topological polar surface area (TPSA) is 43.6 Å². The minimum atomic E-state index is -0.114. The Morgan fingerprint density at radius 2 is 1.77 bits per heavy atom. The maximum absolute atomic E-state index is 12.9. The van der Waals surface area contributed by atoms with Gasteiger partial charge in [0.15, 0.2) is 10.7 Å². The number of fused-ring (bicyclic) bond motifs is 3. The average Bonchev–Trinajstić information content (AvgIpc) is 3.25. The van der Waals surface area contributed by atoms with E-state index in [0.717, 1.165) is 26.6 Å². The summed E-state index contributed by atoms with van der Waals surface area (Å²) in [4.78, 5) is 18.1. The molecule has 3 aromatic carbocycles. The highest BCUT2D eigenvalue weighted by atomic mass is 79.9. The predicted octanol–water partition coefficient (Wildman–Crippen LogP) is 6.11. The number of benzene rings is 3. The number of para-hydroxylation sites is 2. The van der Waals surface area contributed by atoms with E-state index < -0.39 is 0 Å². The summed E-state index contributed by atoms with van der Waals surface area (Å²) in [5.41, 5.74) is 3.20. The monoisotopic (exact) mass is 530 g/mol. The third kappa shape index (κ3) is 3.96. The van der Waals surface area contributed by atoms with Gasteiger partial charge in [0, 0.05) is 4.47 Å². The number of imidazole rings is 1. The largest absolute Gasteiger partial charge is 0.486 e. The average molecular weight is 532 g/mol. The number of rotatable bonds is 4. The molecule has 154 valence electrons. The van der Waals surface area contributed by atoms with E-state index in [2.05, 4.69) is 20.9 Å². The van der Waals surface area contributed by atoms with Gasteiger partial charge in [-0.2, -0.15) is 0 Å². The van der Waals surface area contributed by atoms with Crippen molar-refractivity contribution in [2.75, 3.05) is 0 Å². The van der Waals surface area contributed by atoms with Crippen molar-refractivity contribution in [1.29, 1.82) is 0 Å². The van der Waals surface area contributed by atoms with Gasteiger partial charge in [0.05, 0.1) is 25.6 Å². The first-order valence-electron chi connectivity index (χ1n) is 9.27. The Morgan fingerprint density at radius 3 is 2.52 bits per heavy atom. The first kappa shape index (κ1) is 20.5. The van der Waals surface area contributed by atoms with Crippen LogP contribution < -0.4 is 14.8 Å². The van der Waals surface area contributed by atoms with Crippen LogP contribution in [0.4, 0.5) is 0 Å². The minimum Gasteiger partial charge on any atom is -0.486 e. The van der Waals surface area contributed by atoms with Crippen LogP contribution in [0.5, 0.6) is 5.75 Å². The third-order valence-electron chi connectivity index (χ3n) is 4.76. The van der Waals surface area contributed by atoms with Crippen molar-refractivity contribution in [2.45, 2.75) is 6.61 Å². The Hall–Kier alpha value is -2.38. The van der Waals surface area contributed by atoms with Crippen LogP contribution in [0.25, 0.3) is 22.1 Å². The highest BCUT2D eigenvalue weighted by Crippen LogP contribution is 2.35. The smallest absolute Gasteiger partial charge is 0.274 e. The number of hydrogen-bond acceptors (Lipinski definition) is 4. The molecule has 5 rings (SSSR count). The molecule has 0 fully saturated rings. The van der Waals surface area contributed by atoms with E-state index in [1.165, 1.54) is 11.3 Å². The van der Waals surface area contributed by atoms with Crippen molar-refractivity contribution in [1.82, 2.24) is 9.38 Å². The summed E-state index contributed by atoms with van der Waals surface area (Å²) < 4.78 is 9.03. The second-order valence-corrected chi connectivity index (χ2v) is 9.60. The van der Waals surface area contributed by atoms with Gasteiger partial charge in [0.25, 0.3) is 5.56 Å². The zero-order valence-corrected chi connectivity index (χ0v) is 19.7. The van der Waals surface area contributed by atoms with Gasteiger partial charge in [0.2, 0.25) is 0 Å². The van der Waals surface area contributed by atoms with E-state index in [1.54, 1.807) is 22.6 Å². The number of ether oxygens (including phenoxy) is 1. The molecule has 8 heteroatoms. The first-order chi connectivity index (χ1) is 15.0. The first-order valence-corrected chi connectivity index (χ1v) is 11.6. The number of nitrogens with zero attached hydrogens (tertiary/aromatic N) is 2. The summed E-state index contributed by atoms with van der Waals surface area (Å²) in [6, 6.07) is 18.9. The molecule has 0 spiro atoms. The van der Waals surface area contributed by atoms with Crippen LogP contribution in [0.1, 0.15) is 11.1 Å². The normalized spacial score (nSPS) is 12.2. The van der Waals surface area contributed by atoms with Gasteiger partial charge in [-0.25, -0.2) is 9.38 Å². The Kier molecular flexibility index (Phi) is 5.48. The van der Waals surface area contributed by atoms with Crippen molar-refractivity contribution in [2.24, 2.45) is 0 Å². The van der Waals surface area contributed by atoms with E-state index >= 15 is 0 Å². The molecule has 2 aromatic heterocycles. The molecule has 5 aromatic rings. The van der Waals surface area contributed by atoms with Gasteiger partial charge in [-0.1, -0.05) is 74.7 Å². The zero-order valence-electron chi connectivity index (χ0n) is 15.8. The van der Waals surface area contributed by atoms with Crippen LogP contribution in [0.2, 0.25) is 10.0 Å². The summed E-state index contributed by atoms with van der Waals surface area (Å²) in [6.07, 6.45) is 1.77. The molecule has 0 aliphatic heterocycles. The van der Waals surface area contributed by atoms with E-state index in [9.17, 15) is 4.79 Å². The molecule has 0 radical (unpaired) electrons. The molecule has 0 amide bonds. The third-order valence-corrected chi connectivity index (χ3v) is 6.82. The Bertz CT molecular complexity index is 1520. The van der Waals surface area contributed by atoms with Crippen LogP contribution >= 0.6 is 50.5 Å². The molecule has 0 atom stereocenters. The van der Waals surface area contributed by atoms with Crippen LogP contribution in [-0.2, 0) is 6.61 Å². The summed E-state index contributed by atoms with van der Waals surface area (Å²) in [7, 11) is 0. The molecule has 0 aliphatic rings. The van der Waals surface area contributed by atoms with Crippen LogP contribution in [-0.4, -0.2) is 9.38 Å². The van der Waals surface area contributed by atoms with Gasteiger partial charge in [-0.05, 0) is 53.6 Å². The maximum atomic E-state index is 12.9. The van der Waals surface area contributed by atoms with Crippen molar-refractivity contribution >= 4 is 72.5 Å². The Labute approximate surface area is 199 Å². The Morgan fingerprint density at radius 1 is 1.06 bits per heavy atom. The fourth-order valence-corrected chi connectivity index (χ4v) is 5.16. The summed E-state index contributed by atoms with van der Waals surface area (Å²) in [5.74, 6) is 0.415. The fourth-order valence-electron chi connectivity index (χ4n) is 3.30.